The van der Waals surface area contributed by atoms with Crippen molar-refractivity contribution in [1.82, 2.24) is 25.1 Å². The van der Waals surface area contributed by atoms with Crippen molar-refractivity contribution in [1.29, 1.82) is 5.26 Å². The second-order valence-electron chi connectivity index (χ2n) is 11.3. The highest BCUT2D eigenvalue weighted by molar-refractivity contribution is 5.92. The van der Waals surface area contributed by atoms with Gasteiger partial charge in [0.2, 0.25) is 17.8 Å². The van der Waals surface area contributed by atoms with Crippen molar-refractivity contribution in [2.75, 3.05) is 38.3 Å². The first kappa shape index (κ1) is 30.5. The van der Waals surface area contributed by atoms with Crippen molar-refractivity contribution in [3.8, 4) is 17.9 Å². The third-order valence-corrected chi connectivity index (χ3v) is 7.43. The van der Waals surface area contributed by atoms with E-state index in [1.165, 1.54) is 11.0 Å². The van der Waals surface area contributed by atoms with Crippen LogP contribution in [0.3, 0.4) is 0 Å². The minimum Gasteiger partial charge on any atom is -0.366 e. The molecule has 0 spiro atoms. The summed E-state index contributed by atoms with van der Waals surface area (Å²) in [6, 6.07) is 9.15. The molecule has 3 N–H and O–H groups in total. The molecule has 10 heteroatoms. The number of nitrogens with zero attached hydrogens (tertiary/aromatic N) is 5. The lowest BCUT2D eigenvalue weighted by molar-refractivity contribution is -0.135. The largest absolute Gasteiger partial charge is 0.366 e. The maximum atomic E-state index is 13.0. The molecule has 2 aliphatic carbocycles. The monoisotopic (exact) mass is 568 g/mol. The van der Waals surface area contributed by atoms with Crippen molar-refractivity contribution in [3.05, 3.63) is 53.7 Å². The highest BCUT2D eigenvalue weighted by atomic mass is 16.2. The van der Waals surface area contributed by atoms with Crippen LogP contribution in [-0.2, 0) is 9.59 Å². The normalized spacial score (nSPS) is 18.9. The van der Waals surface area contributed by atoms with Crippen LogP contribution in [0.5, 0.6) is 0 Å². The van der Waals surface area contributed by atoms with Gasteiger partial charge in [-0.2, -0.15) is 10.2 Å². The molecule has 0 saturated heterocycles. The Balaban J connectivity index is 1.37. The van der Waals surface area contributed by atoms with Crippen LogP contribution in [0, 0.1) is 29.1 Å². The molecular weight excluding hydrogens is 528 g/mol. The van der Waals surface area contributed by atoms with Crippen molar-refractivity contribution in [3.63, 3.8) is 0 Å². The molecule has 2 saturated carbocycles. The van der Waals surface area contributed by atoms with Crippen LogP contribution in [0.1, 0.15) is 56.6 Å². The van der Waals surface area contributed by atoms with E-state index in [9.17, 15) is 14.9 Å². The number of hydrogen-bond acceptors (Lipinski definition) is 8. The predicted octanol–water partition coefficient (Wildman–Crippen LogP) is 3.66. The van der Waals surface area contributed by atoms with Crippen LogP contribution < -0.4 is 16.0 Å². The number of anilines is 3. The Morgan fingerprint density at radius 1 is 1.17 bits per heavy atom. The van der Waals surface area contributed by atoms with Gasteiger partial charge in [-0.3, -0.25) is 9.59 Å². The van der Waals surface area contributed by atoms with Crippen LogP contribution in [0.2, 0.25) is 0 Å². The molecule has 4 rings (SSSR count). The van der Waals surface area contributed by atoms with Crippen LogP contribution in [-0.4, -0.2) is 77.4 Å². The molecule has 1 heterocycles. The molecular formula is C32H40N8O2. The highest BCUT2D eigenvalue weighted by Gasteiger charge is 2.27. The summed E-state index contributed by atoms with van der Waals surface area (Å²) < 4.78 is 0. The quantitative estimate of drug-likeness (QED) is 0.293. The zero-order valence-electron chi connectivity index (χ0n) is 24.9. The molecule has 2 aromatic rings. The number of benzene rings is 1. The molecule has 2 fully saturated rings. The van der Waals surface area contributed by atoms with Crippen molar-refractivity contribution >= 4 is 29.3 Å². The molecule has 42 heavy (non-hydrogen) atoms. The lowest BCUT2D eigenvalue weighted by atomic mass is 9.86. The molecule has 1 aromatic carbocycles. The molecule has 2 amide bonds. The van der Waals surface area contributed by atoms with Crippen LogP contribution in [0.15, 0.2) is 42.6 Å². The lowest BCUT2D eigenvalue weighted by Crippen LogP contribution is -2.49. The summed E-state index contributed by atoms with van der Waals surface area (Å²) in [6.07, 6.45) is 10.8. The van der Waals surface area contributed by atoms with E-state index < -0.39 is 6.04 Å². The summed E-state index contributed by atoms with van der Waals surface area (Å²) in [5.74, 6) is 7.62. The summed E-state index contributed by atoms with van der Waals surface area (Å²) >= 11 is 0. The maximum Gasteiger partial charge on any atom is 0.246 e. The molecule has 0 aliphatic heterocycles. The second kappa shape index (κ2) is 14.5. The first-order valence-corrected chi connectivity index (χ1v) is 14.5. The van der Waals surface area contributed by atoms with E-state index in [2.05, 4.69) is 43.8 Å². The molecule has 220 valence electrons. The highest BCUT2D eigenvalue weighted by Crippen LogP contribution is 2.27. The average molecular weight is 569 g/mol. The Kier molecular flexibility index (Phi) is 10.5. The fourth-order valence-electron chi connectivity index (χ4n) is 4.66. The lowest BCUT2D eigenvalue weighted by Gasteiger charge is -2.30. The number of hydrogen-bond donors (Lipinski definition) is 3. The number of rotatable bonds is 10. The minimum atomic E-state index is -0.573. The minimum absolute atomic E-state index is 0.0110. The average Bonchev–Trinajstić information content (AvgIpc) is 3.80. The summed E-state index contributed by atoms with van der Waals surface area (Å²) in [6.45, 7) is 2.41. The van der Waals surface area contributed by atoms with E-state index in [-0.39, 0.29) is 23.8 Å². The number of nitriles is 1. The molecule has 3 atom stereocenters. The Morgan fingerprint density at radius 3 is 2.71 bits per heavy atom. The second-order valence-corrected chi connectivity index (χ2v) is 11.3. The number of aromatic nitrogens is 2. The van der Waals surface area contributed by atoms with E-state index >= 15 is 0 Å². The fraction of sp³-hybridized carbons (Fsp3) is 0.469. The van der Waals surface area contributed by atoms with Gasteiger partial charge < -0.3 is 25.8 Å². The van der Waals surface area contributed by atoms with Gasteiger partial charge in [0, 0.05) is 43.4 Å². The third-order valence-electron chi connectivity index (χ3n) is 7.43. The SMILES string of the molecule is C[C@@H](C(=O)N[C@H]1CCC[C@@H](C#Cc2cnc(Nc3cccc(C#N)c3)nc2NC2CC2)C1)N(C)C(=O)/C=C/CN(C)C. The zero-order valence-corrected chi connectivity index (χ0v) is 24.9. The van der Waals surface area contributed by atoms with Gasteiger partial charge in [0.25, 0.3) is 0 Å². The first-order chi connectivity index (χ1) is 20.2. The zero-order chi connectivity index (χ0) is 30.1. The molecule has 1 aromatic heterocycles. The smallest absolute Gasteiger partial charge is 0.246 e. The number of likely N-dealkylation sites (N-methyl/N-ethyl adjacent to an activating group) is 2. The standard InChI is InChI=1S/C32H40N8O2/c1-22(40(4)29(41)12-7-17-39(2)3)31(42)36-27-10-5-8-23(18-27)13-14-25-21-34-32(38-30(25)35-26-15-16-26)37-28-11-6-9-24(19-28)20-33/h6-7,9,11-12,19,21-23,26-27H,5,8,10,15-18H2,1-4H3,(H,36,42)(H2,34,35,37,38)/b12-7+/t22-,23-,27-/m0/s1. The molecule has 0 radical (unpaired) electrons. The Bertz CT molecular complexity index is 1400. The van der Waals surface area contributed by atoms with Gasteiger partial charge in [0.1, 0.15) is 11.9 Å². The Hall–Kier alpha value is -4.41. The summed E-state index contributed by atoms with van der Waals surface area (Å²) in [5.41, 5.74) is 2.04. The summed E-state index contributed by atoms with van der Waals surface area (Å²) in [5, 5.41) is 19.0. The van der Waals surface area contributed by atoms with Gasteiger partial charge in [0.05, 0.1) is 23.4 Å². The first-order valence-electron chi connectivity index (χ1n) is 14.5. The van der Waals surface area contributed by atoms with E-state index in [0.29, 0.717) is 29.9 Å². The van der Waals surface area contributed by atoms with E-state index in [0.717, 1.165) is 49.8 Å². The van der Waals surface area contributed by atoms with Crippen LogP contribution >= 0.6 is 0 Å². The number of nitrogens with one attached hydrogen (secondary N) is 3. The van der Waals surface area contributed by atoms with Crippen LogP contribution in [0.4, 0.5) is 17.5 Å². The van der Waals surface area contributed by atoms with Crippen molar-refractivity contribution in [2.45, 2.75) is 63.6 Å². The molecule has 10 nitrogen and oxygen atoms in total. The van der Waals surface area contributed by atoms with Gasteiger partial charge >= 0.3 is 0 Å². The van der Waals surface area contributed by atoms with Gasteiger partial charge in [-0.15, -0.1) is 0 Å². The van der Waals surface area contributed by atoms with Crippen molar-refractivity contribution < 1.29 is 9.59 Å². The van der Waals surface area contributed by atoms with Gasteiger partial charge in [-0.25, -0.2) is 4.98 Å². The fourth-order valence-corrected chi connectivity index (χ4v) is 4.66. The number of carbonyl (C=O) groups excluding carboxylic acids is 2. The third kappa shape index (κ3) is 9.05. The maximum absolute atomic E-state index is 13.0. The summed E-state index contributed by atoms with van der Waals surface area (Å²) in [7, 11) is 5.52. The number of carbonyl (C=O) groups is 2. The molecule has 2 aliphatic rings. The van der Waals surface area contributed by atoms with Gasteiger partial charge in [-0.05, 0) is 71.3 Å². The Labute approximate surface area is 248 Å². The molecule has 0 unspecified atom stereocenters. The van der Waals surface area contributed by atoms with Crippen molar-refractivity contribution in [2.24, 2.45) is 5.92 Å². The van der Waals surface area contributed by atoms with E-state index in [4.69, 9.17) is 0 Å². The Morgan fingerprint density at radius 2 is 1.98 bits per heavy atom. The number of amides is 2. The van der Waals surface area contributed by atoms with Gasteiger partial charge in [-0.1, -0.05) is 30.4 Å². The van der Waals surface area contributed by atoms with E-state index in [1.807, 2.05) is 31.1 Å². The topological polar surface area (TPSA) is 126 Å². The van der Waals surface area contributed by atoms with Crippen LogP contribution in [0.25, 0.3) is 0 Å². The van der Waals surface area contributed by atoms with Gasteiger partial charge in [0.15, 0.2) is 0 Å². The molecule has 0 bridgehead atoms. The predicted molar refractivity (Wildman–Crippen MR) is 164 cm³/mol. The summed E-state index contributed by atoms with van der Waals surface area (Å²) in [4.78, 5) is 38.0. The van der Waals surface area contributed by atoms with E-state index in [1.54, 1.807) is 38.4 Å².